The van der Waals surface area contributed by atoms with Gasteiger partial charge < -0.3 is 4.90 Å². The Labute approximate surface area is 159 Å². The summed E-state index contributed by atoms with van der Waals surface area (Å²) in [7, 11) is 0. The van der Waals surface area contributed by atoms with Crippen LogP contribution in [-0.4, -0.2) is 26.3 Å². The monoisotopic (exact) mass is 357 g/mol. The van der Waals surface area contributed by atoms with E-state index in [-0.39, 0.29) is 0 Å². The smallest absolute Gasteiger partial charge is 0.168 e. The van der Waals surface area contributed by atoms with E-state index in [9.17, 15) is 0 Å². The maximum Gasteiger partial charge on any atom is 0.168 e. The molecule has 0 bridgehead atoms. The van der Waals surface area contributed by atoms with Crippen LogP contribution in [0.4, 0.5) is 5.82 Å². The summed E-state index contributed by atoms with van der Waals surface area (Å²) in [5, 5.41) is 5.57. The molecule has 0 aliphatic heterocycles. The highest BCUT2D eigenvalue weighted by Crippen LogP contribution is 2.26. The number of nitrogens with zero attached hydrogens (tertiary/aromatic N) is 5. The largest absolute Gasteiger partial charge is 0.352 e. The molecule has 0 amide bonds. The minimum atomic E-state index is 0.804. The van der Waals surface area contributed by atoms with Gasteiger partial charge in [-0.3, -0.25) is 0 Å². The summed E-state index contributed by atoms with van der Waals surface area (Å²) >= 11 is 0. The summed E-state index contributed by atoms with van der Waals surface area (Å²) in [6.07, 6.45) is 3.50. The summed E-state index contributed by atoms with van der Waals surface area (Å²) in [4.78, 5) is 11.3. The molecule has 4 rings (SSSR count). The van der Waals surface area contributed by atoms with Crippen molar-refractivity contribution in [2.45, 2.75) is 27.3 Å². The molecule has 0 aliphatic rings. The maximum atomic E-state index is 4.61. The molecule has 27 heavy (non-hydrogen) atoms. The predicted octanol–water partition coefficient (Wildman–Crippen LogP) is 4.46. The lowest BCUT2D eigenvalue weighted by Gasteiger charge is -2.22. The van der Waals surface area contributed by atoms with Crippen molar-refractivity contribution in [3.8, 4) is 5.69 Å². The van der Waals surface area contributed by atoms with Gasteiger partial charge >= 0.3 is 0 Å². The van der Waals surface area contributed by atoms with Crippen LogP contribution >= 0.6 is 0 Å². The van der Waals surface area contributed by atoms with Crippen LogP contribution in [0.2, 0.25) is 0 Å². The molecule has 2 aromatic heterocycles. The van der Waals surface area contributed by atoms with Gasteiger partial charge in [0.25, 0.3) is 0 Å². The third kappa shape index (κ3) is 3.28. The molecule has 0 saturated heterocycles. The zero-order valence-electron chi connectivity index (χ0n) is 15.9. The van der Waals surface area contributed by atoms with Gasteiger partial charge in [0.15, 0.2) is 5.65 Å². The van der Waals surface area contributed by atoms with Gasteiger partial charge in [-0.2, -0.15) is 5.10 Å². The van der Waals surface area contributed by atoms with Crippen LogP contribution in [0.3, 0.4) is 0 Å². The molecule has 0 fully saturated rings. The fraction of sp³-hybridized carbons (Fsp3) is 0.227. The molecule has 0 atom stereocenters. The van der Waals surface area contributed by atoms with E-state index in [0.717, 1.165) is 35.6 Å². The van der Waals surface area contributed by atoms with E-state index in [2.05, 4.69) is 83.2 Å². The van der Waals surface area contributed by atoms with E-state index in [1.165, 1.54) is 16.7 Å². The second kappa shape index (κ2) is 7.19. The third-order valence-corrected chi connectivity index (χ3v) is 4.98. The predicted molar refractivity (Wildman–Crippen MR) is 109 cm³/mol. The molecule has 0 radical (unpaired) electrons. The Morgan fingerprint density at radius 3 is 2.52 bits per heavy atom. The van der Waals surface area contributed by atoms with Crippen LogP contribution in [0.5, 0.6) is 0 Å². The highest BCUT2D eigenvalue weighted by molar-refractivity contribution is 5.87. The van der Waals surface area contributed by atoms with E-state index < -0.39 is 0 Å². The van der Waals surface area contributed by atoms with Gasteiger partial charge in [0.1, 0.15) is 12.1 Å². The van der Waals surface area contributed by atoms with Crippen molar-refractivity contribution >= 4 is 16.9 Å². The highest BCUT2D eigenvalue weighted by atomic mass is 15.3. The average Bonchev–Trinajstić information content (AvgIpc) is 3.13. The normalized spacial score (nSPS) is 11.1. The SMILES string of the molecule is CCN(Cc1ccccc1)c1ncnc2c1cnn2-c1ccc(C)c(C)c1. The number of fused-ring (bicyclic) bond motifs is 1. The zero-order chi connectivity index (χ0) is 18.8. The number of anilines is 1. The molecular weight excluding hydrogens is 334 g/mol. The highest BCUT2D eigenvalue weighted by Gasteiger charge is 2.16. The van der Waals surface area contributed by atoms with Crippen molar-refractivity contribution in [1.82, 2.24) is 19.7 Å². The Bertz CT molecular complexity index is 1070. The summed E-state index contributed by atoms with van der Waals surface area (Å²) in [6.45, 7) is 8.03. The number of aromatic nitrogens is 4. The Balaban J connectivity index is 1.76. The Hall–Kier alpha value is -3.21. The van der Waals surface area contributed by atoms with E-state index in [0.29, 0.717) is 0 Å². The van der Waals surface area contributed by atoms with Gasteiger partial charge in [0, 0.05) is 13.1 Å². The summed E-state index contributed by atoms with van der Waals surface area (Å²) < 4.78 is 1.89. The summed E-state index contributed by atoms with van der Waals surface area (Å²) in [6, 6.07) is 16.8. The molecule has 5 heteroatoms. The molecule has 0 saturated carbocycles. The second-order valence-electron chi connectivity index (χ2n) is 6.76. The van der Waals surface area contributed by atoms with Gasteiger partial charge in [0.05, 0.1) is 17.3 Å². The first kappa shape index (κ1) is 17.2. The zero-order valence-corrected chi connectivity index (χ0v) is 15.9. The van der Waals surface area contributed by atoms with Gasteiger partial charge in [-0.15, -0.1) is 0 Å². The van der Waals surface area contributed by atoms with E-state index in [1.54, 1.807) is 6.33 Å². The van der Waals surface area contributed by atoms with E-state index in [4.69, 9.17) is 0 Å². The minimum Gasteiger partial charge on any atom is -0.352 e. The lowest BCUT2D eigenvalue weighted by Crippen LogP contribution is -2.23. The molecule has 0 aliphatic carbocycles. The fourth-order valence-electron chi connectivity index (χ4n) is 3.27. The number of benzene rings is 2. The van der Waals surface area contributed by atoms with Crippen LogP contribution in [0.15, 0.2) is 61.1 Å². The molecule has 5 nitrogen and oxygen atoms in total. The van der Waals surface area contributed by atoms with Crippen molar-refractivity contribution in [2.75, 3.05) is 11.4 Å². The fourth-order valence-corrected chi connectivity index (χ4v) is 3.27. The number of aryl methyl sites for hydroxylation is 2. The van der Waals surface area contributed by atoms with Gasteiger partial charge in [-0.05, 0) is 49.6 Å². The Morgan fingerprint density at radius 2 is 1.78 bits per heavy atom. The van der Waals surface area contributed by atoms with Crippen LogP contribution in [0, 0.1) is 13.8 Å². The molecule has 136 valence electrons. The quantitative estimate of drug-likeness (QED) is 0.529. The maximum absolute atomic E-state index is 4.61. The van der Waals surface area contributed by atoms with E-state index >= 15 is 0 Å². The minimum absolute atomic E-state index is 0.804. The molecule has 4 aromatic rings. The number of hydrogen-bond donors (Lipinski definition) is 0. The number of hydrogen-bond acceptors (Lipinski definition) is 4. The van der Waals surface area contributed by atoms with Gasteiger partial charge in [-0.25, -0.2) is 14.6 Å². The van der Waals surface area contributed by atoms with Gasteiger partial charge in [-0.1, -0.05) is 36.4 Å². The lowest BCUT2D eigenvalue weighted by molar-refractivity contribution is 0.816. The standard InChI is InChI=1S/C22H23N5/c1-4-26(14-18-8-6-5-7-9-18)21-20-13-25-27(22(20)24-15-23-21)19-11-10-16(2)17(3)12-19/h5-13,15H,4,14H2,1-3H3. The summed E-state index contributed by atoms with van der Waals surface area (Å²) in [5.74, 6) is 0.918. The molecular formula is C22H23N5. The van der Waals surface area contributed by atoms with Crippen molar-refractivity contribution < 1.29 is 0 Å². The van der Waals surface area contributed by atoms with Crippen molar-refractivity contribution in [1.29, 1.82) is 0 Å². The molecule has 0 spiro atoms. The van der Waals surface area contributed by atoms with Crippen LogP contribution < -0.4 is 4.90 Å². The van der Waals surface area contributed by atoms with Crippen molar-refractivity contribution in [3.63, 3.8) is 0 Å². The van der Waals surface area contributed by atoms with Crippen molar-refractivity contribution in [3.05, 3.63) is 77.7 Å². The Kier molecular flexibility index (Phi) is 4.59. The first-order valence-electron chi connectivity index (χ1n) is 9.22. The summed E-state index contributed by atoms with van der Waals surface area (Å²) in [5.41, 5.74) is 5.61. The molecule has 0 N–H and O–H groups in total. The van der Waals surface area contributed by atoms with E-state index in [1.807, 2.05) is 16.9 Å². The first-order valence-corrected chi connectivity index (χ1v) is 9.22. The topological polar surface area (TPSA) is 46.8 Å². The van der Waals surface area contributed by atoms with Crippen LogP contribution in [0.25, 0.3) is 16.7 Å². The first-order chi connectivity index (χ1) is 13.2. The Morgan fingerprint density at radius 1 is 0.963 bits per heavy atom. The molecule has 2 aromatic carbocycles. The third-order valence-electron chi connectivity index (χ3n) is 4.98. The van der Waals surface area contributed by atoms with Crippen LogP contribution in [-0.2, 0) is 6.54 Å². The molecule has 2 heterocycles. The van der Waals surface area contributed by atoms with Crippen molar-refractivity contribution in [2.24, 2.45) is 0 Å². The molecule has 0 unspecified atom stereocenters. The number of rotatable bonds is 5. The average molecular weight is 357 g/mol. The lowest BCUT2D eigenvalue weighted by atomic mass is 10.1. The van der Waals surface area contributed by atoms with Gasteiger partial charge in [0.2, 0.25) is 0 Å². The second-order valence-corrected chi connectivity index (χ2v) is 6.76. The van der Waals surface area contributed by atoms with Crippen LogP contribution in [0.1, 0.15) is 23.6 Å².